The Kier molecular flexibility index (Phi) is 5.90. The van der Waals surface area contributed by atoms with E-state index in [-0.39, 0.29) is 5.71 Å². The lowest BCUT2D eigenvalue weighted by molar-refractivity contribution is -0.110. The fraction of sp³-hybridized carbons (Fsp3) is 0.261. The molecule has 1 heterocycles. The number of hydrogen-bond acceptors (Lipinski definition) is 5. The van der Waals surface area contributed by atoms with Crippen LogP contribution in [-0.2, 0) is 17.9 Å². The summed E-state index contributed by atoms with van der Waals surface area (Å²) in [6.45, 7) is 2.61. The first-order valence-corrected chi connectivity index (χ1v) is 10.1. The number of nitrogens with zero attached hydrogens (tertiary/aromatic N) is 2. The molecule has 0 radical (unpaired) electrons. The van der Waals surface area contributed by atoms with Gasteiger partial charge in [0.2, 0.25) is 0 Å². The normalized spacial score (nSPS) is 13.2. The standard InChI is InChI=1S/C23H26N6O/c24-21-4-2-1-3-20(21)22(25)23(30)28-19-13-27-29(15-19)14-18-9-7-17(8-10-18)12-26-11-16-5-6-16/h1-4,7-10,13,15-16,25-26H,5-6,11-12,14,24H2,(H,28,30). The zero-order valence-electron chi connectivity index (χ0n) is 16.8. The van der Waals surface area contributed by atoms with Gasteiger partial charge < -0.3 is 16.4 Å². The number of benzene rings is 2. The number of anilines is 2. The number of carbonyl (C=O) groups excluding carboxylic acids is 1. The van der Waals surface area contributed by atoms with Crippen molar-refractivity contribution in [1.82, 2.24) is 15.1 Å². The third-order valence-corrected chi connectivity index (χ3v) is 5.17. The van der Waals surface area contributed by atoms with Crippen LogP contribution in [0.1, 0.15) is 29.5 Å². The fourth-order valence-electron chi connectivity index (χ4n) is 3.25. The van der Waals surface area contributed by atoms with Crippen LogP contribution in [0.4, 0.5) is 11.4 Å². The van der Waals surface area contributed by atoms with Crippen LogP contribution < -0.4 is 16.4 Å². The van der Waals surface area contributed by atoms with Crippen LogP contribution in [-0.4, -0.2) is 27.9 Å². The number of hydrogen-bond donors (Lipinski definition) is 4. The van der Waals surface area contributed by atoms with Crippen molar-refractivity contribution in [1.29, 1.82) is 5.41 Å². The van der Waals surface area contributed by atoms with E-state index in [1.165, 1.54) is 18.4 Å². The maximum Gasteiger partial charge on any atom is 0.274 e. The van der Waals surface area contributed by atoms with Crippen molar-refractivity contribution in [3.8, 4) is 0 Å². The van der Waals surface area contributed by atoms with Crippen LogP contribution in [0.15, 0.2) is 60.9 Å². The summed E-state index contributed by atoms with van der Waals surface area (Å²) >= 11 is 0. The second-order valence-electron chi connectivity index (χ2n) is 7.73. The van der Waals surface area contributed by atoms with Crippen LogP contribution >= 0.6 is 0 Å². The van der Waals surface area contributed by atoms with Gasteiger partial charge in [0.05, 0.1) is 18.4 Å². The van der Waals surface area contributed by atoms with E-state index in [1.54, 1.807) is 41.3 Å². The van der Waals surface area contributed by atoms with E-state index in [0.29, 0.717) is 23.5 Å². The molecule has 0 saturated heterocycles. The predicted molar refractivity (Wildman–Crippen MR) is 119 cm³/mol. The summed E-state index contributed by atoms with van der Waals surface area (Å²) in [5.41, 5.74) is 9.44. The number of aromatic nitrogens is 2. The lowest BCUT2D eigenvalue weighted by atomic mass is 10.1. The third-order valence-electron chi connectivity index (χ3n) is 5.17. The third kappa shape index (κ3) is 5.12. The Morgan fingerprint density at radius 3 is 2.60 bits per heavy atom. The maximum absolute atomic E-state index is 12.4. The molecule has 1 amide bonds. The Labute approximate surface area is 175 Å². The van der Waals surface area contributed by atoms with E-state index in [4.69, 9.17) is 11.1 Å². The molecule has 1 saturated carbocycles. The zero-order valence-corrected chi connectivity index (χ0v) is 16.8. The largest absolute Gasteiger partial charge is 0.398 e. The topological polar surface area (TPSA) is 109 Å². The molecular weight excluding hydrogens is 376 g/mol. The van der Waals surface area contributed by atoms with Crippen molar-refractivity contribution in [2.75, 3.05) is 17.6 Å². The Hall–Kier alpha value is -3.45. The summed E-state index contributed by atoms with van der Waals surface area (Å²) in [5.74, 6) is 0.364. The van der Waals surface area contributed by atoms with Crippen molar-refractivity contribution in [3.05, 3.63) is 77.6 Å². The quantitative estimate of drug-likeness (QED) is 0.326. The first-order chi connectivity index (χ1) is 14.6. The Balaban J connectivity index is 1.30. The highest BCUT2D eigenvalue weighted by Crippen LogP contribution is 2.27. The van der Waals surface area contributed by atoms with E-state index >= 15 is 0 Å². The minimum absolute atomic E-state index is 0.174. The van der Waals surface area contributed by atoms with E-state index in [2.05, 4.69) is 40.0 Å². The highest BCUT2D eigenvalue weighted by molar-refractivity contribution is 6.48. The summed E-state index contributed by atoms with van der Waals surface area (Å²) in [4.78, 5) is 12.4. The van der Waals surface area contributed by atoms with Gasteiger partial charge in [-0.1, -0.05) is 42.5 Å². The Morgan fingerprint density at radius 1 is 1.13 bits per heavy atom. The van der Waals surface area contributed by atoms with Gasteiger partial charge in [-0.25, -0.2) is 0 Å². The van der Waals surface area contributed by atoms with E-state index in [1.807, 2.05) is 0 Å². The average molecular weight is 403 g/mol. The van der Waals surface area contributed by atoms with Crippen molar-refractivity contribution in [2.24, 2.45) is 5.92 Å². The predicted octanol–water partition coefficient (Wildman–Crippen LogP) is 3.02. The molecule has 0 atom stereocenters. The molecule has 1 aliphatic rings. The van der Waals surface area contributed by atoms with Gasteiger partial charge in [0, 0.05) is 24.0 Å². The van der Waals surface area contributed by atoms with Gasteiger partial charge in [0.25, 0.3) is 5.91 Å². The number of rotatable bonds is 9. The van der Waals surface area contributed by atoms with E-state index in [0.717, 1.165) is 24.6 Å². The van der Waals surface area contributed by atoms with Crippen molar-refractivity contribution in [3.63, 3.8) is 0 Å². The molecule has 0 aliphatic heterocycles. The fourth-order valence-corrected chi connectivity index (χ4v) is 3.25. The summed E-state index contributed by atoms with van der Waals surface area (Å²) in [6.07, 6.45) is 6.06. The first kappa shape index (κ1) is 19.8. The zero-order chi connectivity index (χ0) is 20.9. The van der Waals surface area contributed by atoms with Crippen molar-refractivity contribution >= 4 is 23.0 Å². The molecule has 3 aromatic rings. The number of para-hydroxylation sites is 1. The Morgan fingerprint density at radius 2 is 1.87 bits per heavy atom. The summed E-state index contributed by atoms with van der Waals surface area (Å²) in [7, 11) is 0. The van der Waals surface area contributed by atoms with E-state index < -0.39 is 5.91 Å². The second kappa shape index (κ2) is 8.92. The molecule has 7 nitrogen and oxygen atoms in total. The molecule has 4 rings (SSSR count). The highest BCUT2D eigenvalue weighted by Gasteiger charge is 2.20. The maximum atomic E-state index is 12.4. The number of amides is 1. The minimum Gasteiger partial charge on any atom is -0.398 e. The summed E-state index contributed by atoms with van der Waals surface area (Å²) < 4.78 is 1.76. The number of nitrogens with two attached hydrogens (primary N) is 1. The SMILES string of the molecule is N=C(C(=O)Nc1cnn(Cc2ccc(CNCC3CC3)cc2)c1)c1ccccc1N. The molecule has 0 unspecified atom stereocenters. The van der Waals surface area contributed by atoms with Gasteiger partial charge >= 0.3 is 0 Å². The number of nitrogen functional groups attached to an aromatic ring is 1. The number of nitrogens with one attached hydrogen (secondary N) is 3. The molecule has 1 fully saturated rings. The van der Waals surface area contributed by atoms with Crippen molar-refractivity contribution in [2.45, 2.75) is 25.9 Å². The molecule has 7 heteroatoms. The van der Waals surface area contributed by atoms with Gasteiger partial charge in [0.1, 0.15) is 5.71 Å². The van der Waals surface area contributed by atoms with Gasteiger partial charge in [-0.2, -0.15) is 5.10 Å². The smallest absolute Gasteiger partial charge is 0.274 e. The molecular formula is C23H26N6O. The minimum atomic E-state index is -0.518. The van der Waals surface area contributed by atoms with E-state index in [9.17, 15) is 4.79 Å². The monoisotopic (exact) mass is 402 g/mol. The molecule has 154 valence electrons. The molecule has 0 spiro atoms. The van der Waals surface area contributed by atoms with Gasteiger partial charge in [-0.3, -0.25) is 14.9 Å². The van der Waals surface area contributed by atoms with Gasteiger partial charge in [-0.05, 0) is 42.5 Å². The molecule has 0 bridgehead atoms. The molecule has 1 aromatic heterocycles. The van der Waals surface area contributed by atoms with Crippen LogP contribution in [0.3, 0.4) is 0 Å². The molecule has 5 N–H and O–H groups in total. The summed E-state index contributed by atoms with van der Waals surface area (Å²) in [6, 6.07) is 15.3. The lowest BCUT2D eigenvalue weighted by Crippen LogP contribution is -2.23. The Bertz CT molecular complexity index is 1040. The first-order valence-electron chi connectivity index (χ1n) is 10.1. The van der Waals surface area contributed by atoms with Crippen molar-refractivity contribution < 1.29 is 4.79 Å². The molecule has 2 aromatic carbocycles. The van der Waals surface area contributed by atoms with Crippen LogP contribution in [0.5, 0.6) is 0 Å². The number of carbonyl (C=O) groups is 1. The highest BCUT2D eigenvalue weighted by atomic mass is 16.1. The molecule has 30 heavy (non-hydrogen) atoms. The second-order valence-corrected chi connectivity index (χ2v) is 7.73. The van der Waals surface area contributed by atoms with Crippen LogP contribution in [0, 0.1) is 11.3 Å². The van der Waals surface area contributed by atoms with Gasteiger partial charge in [-0.15, -0.1) is 0 Å². The van der Waals surface area contributed by atoms with Crippen LogP contribution in [0.25, 0.3) is 0 Å². The van der Waals surface area contributed by atoms with Gasteiger partial charge in [0.15, 0.2) is 0 Å². The van der Waals surface area contributed by atoms with Crippen LogP contribution in [0.2, 0.25) is 0 Å². The summed E-state index contributed by atoms with van der Waals surface area (Å²) in [5, 5.41) is 18.6. The lowest BCUT2D eigenvalue weighted by Gasteiger charge is -2.07. The molecule has 1 aliphatic carbocycles. The average Bonchev–Trinajstić information content (AvgIpc) is 3.47.